The smallest absolute Gasteiger partial charge is 0.251 e. The van der Waals surface area contributed by atoms with Crippen molar-refractivity contribution in [3.8, 4) is 11.3 Å². The Morgan fingerprint density at radius 3 is 2.56 bits per heavy atom. The van der Waals surface area contributed by atoms with E-state index in [1.165, 1.54) is 0 Å². The lowest BCUT2D eigenvalue weighted by Crippen LogP contribution is -2.38. The number of ether oxygens (including phenoxy) is 2. The molecule has 6 rings (SSSR count). The van der Waals surface area contributed by atoms with E-state index in [9.17, 15) is 4.79 Å². The van der Waals surface area contributed by atoms with Gasteiger partial charge in [-0.2, -0.15) is 4.98 Å². The number of aromatic nitrogens is 3. The zero-order valence-electron chi connectivity index (χ0n) is 22.2. The first-order chi connectivity index (χ1) is 19.3. The normalized spacial score (nSPS) is 17.7. The lowest BCUT2D eigenvalue weighted by atomic mass is 10.0. The van der Waals surface area contributed by atoms with Crippen LogP contribution in [0.1, 0.15) is 22.3 Å². The summed E-state index contributed by atoms with van der Waals surface area (Å²) in [7, 11) is 0. The fourth-order valence-corrected chi connectivity index (χ4v) is 5.39. The van der Waals surface area contributed by atoms with Gasteiger partial charge in [-0.05, 0) is 43.7 Å². The van der Waals surface area contributed by atoms with E-state index in [0.29, 0.717) is 31.3 Å². The summed E-state index contributed by atoms with van der Waals surface area (Å²) in [6.45, 7) is 8.73. The molecular weight excluding hydrogens is 494 g/mol. The summed E-state index contributed by atoms with van der Waals surface area (Å²) in [5, 5.41) is 3.09. The minimum absolute atomic E-state index is 0.0603. The van der Waals surface area contributed by atoms with Crippen LogP contribution in [-0.4, -0.2) is 98.0 Å². The highest BCUT2D eigenvalue weighted by atomic mass is 16.5. The molecule has 39 heavy (non-hydrogen) atoms. The number of hydrogen-bond acceptors (Lipinski definition) is 9. The van der Waals surface area contributed by atoms with Crippen LogP contribution in [0, 0.1) is 0 Å². The highest BCUT2D eigenvalue weighted by molar-refractivity contribution is 5.95. The number of morpholine rings is 2. The molecule has 0 aliphatic carbocycles. The Bertz CT molecular complexity index is 1280. The summed E-state index contributed by atoms with van der Waals surface area (Å²) in [5.74, 6) is 1.54. The quantitative estimate of drug-likeness (QED) is 0.442. The second-order valence-electron chi connectivity index (χ2n) is 10.0. The first kappa shape index (κ1) is 25.7. The van der Waals surface area contributed by atoms with Gasteiger partial charge in [-0.3, -0.25) is 14.7 Å². The maximum Gasteiger partial charge on any atom is 0.251 e. The number of rotatable bonds is 8. The molecule has 10 nitrogen and oxygen atoms in total. The molecule has 0 atom stereocenters. The summed E-state index contributed by atoms with van der Waals surface area (Å²) in [5.41, 5.74) is 4.56. The molecule has 0 saturated carbocycles. The number of hydrogen-bond donors (Lipinski definition) is 1. The molecule has 2 fully saturated rings. The fraction of sp³-hybridized carbons (Fsp3) is 0.448. The van der Waals surface area contributed by atoms with Crippen molar-refractivity contribution in [3.05, 3.63) is 59.9 Å². The van der Waals surface area contributed by atoms with Gasteiger partial charge in [0.2, 0.25) is 5.95 Å². The average molecular weight is 530 g/mol. The Kier molecular flexibility index (Phi) is 7.94. The van der Waals surface area contributed by atoms with Gasteiger partial charge in [-0.25, -0.2) is 4.98 Å². The summed E-state index contributed by atoms with van der Waals surface area (Å²) in [4.78, 5) is 34.2. The summed E-state index contributed by atoms with van der Waals surface area (Å²) >= 11 is 0. The molecule has 2 aromatic heterocycles. The predicted octanol–water partition coefficient (Wildman–Crippen LogP) is 2.52. The zero-order valence-corrected chi connectivity index (χ0v) is 22.2. The van der Waals surface area contributed by atoms with Gasteiger partial charge in [-0.15, -0.1) is 0 Å². The minimum Gasteiger partial charge on any atom is -0.379 e. The van der Waals surface area contributed by atoms with Gasteiger partial charge in [-0.1, -0.05) is 12.1 Å². The van der Waals surface area contributed by atoms with Crippen molar-refractivity contribution in [2.75, 3.05) is 82.0 Å². The first-order valence-electron chi connectivity index (χ1n) is 13.9. The Morgan fingerprint density at radius 2 is 1.77 bits per heavy atom. The van der Waals surface area contributed by atoms with Crippen molar-refractivity contribution in [2.45, 2.75) is 12.8 Å². The Balaban J connectivity index is 1.24. The number of nitrogens with zero attached hydrogens (tertiary/aromatic N) is 6. The average Bonchev–Trinajstić information content (AvgIpc) is 3.44. The molecule has 0 spiro atoms. The van der Waals surface area contributed by atoms with E-state index in [4.69, 9.17) is 19.4 Å². The van der Waals surface area contributed by atoms with Crippen molar-refractivity contribution >= 4 is 23.4 Å². The Morgan fingerprint density at radius 1 is 0.949 bits per heavy atom. The third-order valence-electron chi connectivity index (χ3n) is 7.50. The second-order valence-corrected chi connectivity index (χ2v) is 10.0. The number of carbonyl (C=O) groups excluding carboxylic acids is 1. The van der Waals surface area contributed by atoms with Gasteiger partial charge in [0, 0.05) is 62.2 Å². The largest absolute Gasteiger partial charge is 0.379 e. The van der Waals surface area contributed by atoms with Crippen molar-refractivity contribution in [3.63, 3.8) is 0 Å². The third-order valence-corrected chi connectivity index (χ3v) is 7.50. The van der Waals surface area contributed by atoms with Crippen LogP contribution in [0.2, 0.25) is 0 Å². The van der Waals surface area contributed by atoms with Crippen LogP contribution in [-0.2, 0) is 15.9 Å². The van der Waals surface area contributed by atoms with Gasteiger partial charge in [0.15, 0.2) is 0 Å². The molecule has 3 aliphatic heterocycles. The Hall–Kier alpha value is -3.60. The SMILES string of the molecule is O=C(NCCCN1CCOCC1)c1cccc(-c2nc(N3CCOCC3)nc3c2CCN3c2cccnc2)c1. The van der Waals surface area contributed by atoms with E-state index in [2.05, 4.69) is 31.1 Å². The van der Waals surface area contributed by atoms with Gasteiger partial charge in [0.25, 0.3) is 5.91 Å². The third kappa shape index (κ3) is 5.88. The van der Waals surface area contributed by atoms with Crippen LogP contribution >= 0.6 is 0 Å². The molecule has 204 valence electrons. The highest BCUT2D eigenvalue weighted by Crippen LogP contribution is 2.39. The van der Waals surface area contributed by atoms with Crippen molar-refractivity contribution < 1.29 is 14.3 Å². The van der Waals surface area contributed by atoms with Crippen molar-refractivity contribution in [1.29, 1.82) is 0 Å². The van der Waals surface area contributed by atoms with Crippen LogP contribution in [0.3, 0.4) is 0 Å². The zero-order chi connectivity index (χ0) is 26.4. The molecule has 1 N–H and O–H groups in total. The van der Waals surface area contributed by atoms with E-state index in [0.717, 1.165) is 93.7 Å². The number of nitrogens with one attached hydrogen (secondary N) is 1. The molecule has 0 radical (unpaired) electrons. The van der Waals surface area contributed by atoms with Gasteiger partial charge >= 0.3 is 0 Å². The molecule has 10 heteroatoms. The van der Waals surface area contributed by atoms with Crippen LogP contribution < -0.4 is 15.1 Å². The van der Waals surface area contributed by atoms with E-state index < -0.39 is 0 Å². The molecule has 3 aliphatic rings. The van der Waals surface area contributed by atoms with Gasteiger partial charge < -0.3 is 24.6 Å². The molecule has 0 bridgehead atoms. The van der Waals surface area contributed by atoms with Crippen LogP contribution in [0.15, 0.2) is 48.8 Å². The number of anilines is 3. The maximum atomic E-state index is 13.0. The molecular formula is C29H35N7O3. The van der Waals surface area contributed by atoms with Crippen molar-refractivity contribution in [2.24, 2.45) is 0 Å². The monoisotopic (exact) mass is 529 g/mol. The molecule has 1 aromatic carbocycles. The van der Waals surface area contributed by atoms with E-state index in [-0.39, 0.29) is 5.91 Å². The molecule has 5 heterocycles. The number of pyridine rings is 1. The predicted molar refractivity (Wildman–Crippen MR) is 150 cm³/mol. The van der Waals surface area contributed by atoms with Crippen LogP contribution in [0.5, 0.6) is 0 Å². The summed E-state index contributed by atoms with van der Waals surface area (Å²) in [6.07, 6.45) is 5.39. The molecule has 2 saturated heterocycles. The number of fused-ring (bicyclic) bond motifs is 1. The second kappa shape index (κ2) is 12.1. The minimum atomic E-state index is -0.0603. The standard InChI is InChI=1S/C29H35N7O3/c37-28(31-9-3-10-34-12-16-38-17-13-34)23-5-1-4-22(20-23)26-25-7-11-36(24-6-2-8-30-21-24)27(25)33-29(32-26)35-14-18-39-19-15-35/h1-2,4-6,8,20-21H,3,7,9-19H2,(H,31,37). The van der Waals surface area contributed by atoms with Crippen molar-refractivity contribution in [1.82, 2.24) is 25.2 Å². The van der Waals surface area contributed by atoms with Gasteiger partial charge in [0.05, 0.1) is 44.0 Å². The lowest BCUT2D eigenvalue weighted by molar-refractivity contribution is 0.0374. The lowest BCUT2D eigenvalue weighted by Gasteiger charge is -2.28. The van der Waals surface area contributed by atoms with Crippen LogP contribution in [0.4, 0.5) is 17.5 Å². The highest BCUT2D eigenvalue weighted by Gasteiger charge is 2.29. The van der Waals surface area contributed by atoms with E-state index in [1.807, 2.05) is 36.5 Å². The summed E-state index contributed by atoms with van der Waals surface area (Å²) < 4.78 is 11.0. The summed E-state index contributed by atoms with van der Waals surface area (Å²) in [6, 6.07) is 11.8. The number of benzene rings is 1. The molecule has 1 amide bonds. The van der Waals surface area contributed by atoms with E-state index >= 15 is 0 Å². The Labute approximate surface area is 229 Å². The first-order valence-corrected chi connectivity index (χ1v) is 13.9. The topological polar surface area (TPSA) is 96.0 Å². The molecule has 3 aromatic rings. The number of amides is 1. The van der Waals surface area contributed by atoms with E-state index in [1.54, 1.807) is 6.20 Å². The molecule has 0 unspecified atom stereocenters. The number of carbonyl (C=O) groups is 1. The van der Waals surface area contributed by atoms with Crippen LogP contribution in [0.25, 0.3) is 11.3 Å². The van der Waals surface area contributed by atoms with Gasteiger partial charge in [0.1, 0.15) is 5.82 Å². The fourth-order valence-electron chi connectivity index (χ4n) is 5.39. The maximum absolute atomic E-state index is 13.0.